The monoisotopic (exact) mass is 349 g/mol. The SMILES string of the molecule is COC(=O)[C@@H]1ON2CCCC[C@@H]2[C@H]1[C@H](O)CCOCc1ccccc1. The van der Waals surface area contributed by atoms with Gasteiger partial charge in [-0.2, -0.15) is 5.06 Å². The fourth-order valence-electron chi connectivity index (χ4n) is 3.80. The minimum Gasteiger partial charge on any atom is -0.467 e. The van der Waals surface area contributed by atoms with Crippen molar-refractivity contribution in [3.05, 3.63) is 35.9 Å². The van der Waals surface area contributed by atoms with Gasteiger partial charge in [0, 0.05) is 25.1 Å². The number of methoxy groups -OCH3 is 1. The highest BCUT2D eigenvalue weighted by Gasteiger charge is 2.50. The van der Waals surface area contributed by atoms with Crippen LogP contribution in [0.2, 0.25) is 0 Å². The van der Waals surface area contributed by atoms with Crippen LogP contribution in [-0.4, -0.2) is 54.7 Å². The lowest BCUT2D eigenvalue weighted by molar-refractivity contribution is -0.192. The topological polar surface area (TPSA) is 68.2 Å². The third kappa shape index (κ3) is 4.39. The molecule has 3 rings (SSSR count). The molecule has 0 radical (unpaired) electrons. The molecule has 0 spiro atoms. The molecule has 0 saturated carbocycles. The van der Waals surface area contributed by atoms with Crippen molar-refractivity contribution in [3.8, 4) is 0 Å². The van der Waals surface area contributed by atoms with Gasteiger partial charge in [0.2, 0.25) is 0 Å². The van der Waals surface area contributed by atoms with Gasteiger partial charge in [0.25, 0.3) is 0 Å². The fraction of sp³-hybridized carbons (Fsp3) is 0.632. The number of esters is 1. The van der Waals surface area contributed by atoms with E-state index in [2.05, 4.69) is 0 Å². The van der Waals surface area contributed by atoms with Crippen molar-refractivity contribution in [2.24, 2.45) is 5.92 Å². The lowest BCUT2D eigenvalue weighted by atomic mass is 9.84. The molecule has 6 nitrogen and oxygen atoms in total. The summed E-state index contributed by atoms with van der Waals surface area (Å²) in [4.78, 5) is 17.9. The molecular formula is C19H27NO5. The summed E-state index contributed by atoms with van der Waals surface area (Å²) in [7, 11) is 1.36. The zero-order valence-electron chi connectivity index (χ0n) is 14.7. The highest BCUT2D eigenvalue weighted by Crippen LogP contribution is 2.37. The predicted molar refractivity (Wildman–Crippen MR) is 91.4 cm³/mol. The Bertz CT molecular complexity index is 552. The van der Waals surface area contributed by atoms with E-state index in [0.717, 1.165) is 31.4 Å². The summed E-state index contributed by atoms with van der Waals surface area (Å²) in [6.45, 7) is 1.75. The Morgan fingerprint density at radius 1 is 1.36 bits per heavy atom. The van der Waals surface area contributed by atoms with Crippen LogP contribution in [0.25, 0.3) is 0 Å². The molecule has 0 aromatic heterocycles. The van der Waals surface area contributed by atoms with Crippen LogP contribution in [0.15, 0.2) is 30.3 Å². The number of piperidine rings is 1. The Morgan fingerprint density at radius 3 is 2.92 bits per heavy atom. The number of hydroxylamine groups is 2. The Morgan fingerprint density at radius 2 is 2.16 bits per heavy atom. The maximum absolute atomic E-state index is 12.1. The first kappa shape index (κ1) is 18.3. The van der Waals surface area contributed by atoms with Crippen molar-refractivity contribution in [3.63, 3.8) is 0 Å². The minimum absolute atomic E-state index is 0.0713. The van der Waals surface area contributed by atoms with Crippen LogP contribution in [0, 0.1) is 5.92 Å². The fourth-order valence-corrected chi connectivity index (χ4v) is 3.80. The van der Waals surface area contributed by atoms with Crippen LogP contribution in [-0.2, 0) is 25.7 Å². The van der Waals surface area contributed by atoms with Gasteiger partial charge in [0.05, 0.1) is 19.8 Å². The molecule has 1 aromatic rings. The number of carbonyl (C=O) groups is 1. The van der Waals surface area contributed by atoms with Gasteiger partial charge >= 0.3 is 5.97 Å². The first-order valence-electron chi connectivity index (χ1n) is 9.01. The van der Waals surface area contributed by atoms with E-state index in [0.29, 0.717) is 19.6 Å². The van der Waals surface area contributed by atoms with Crippen molar-refractivity contribution in [1.29, 1.82) is 0 Å². The number of rotatable bonds is 7. The zero-order chi connectivity index (χ0) is 17.6. The molecule has 6 heteroatoms. The second-order valence-corrected chi connectivity index (χ2v) is 6.72. The number of hydrogen-bond donors (Lipinski definition) is 1. The van der Waals surface area contributed by atoms with Gasteiger partial charge in [-0.25, -0.2) is 4.79 Å². The summed E-state index contributed by atoms with van der Waals surface area (Å²) >= 11 is 0. The second kappa shape index (κ2) is 8.76. The van der Waals surface area contributed by atoms with Gasteiger partial charge < -0.3 is 14.6 Å². The second-order valence-electron chi connectivity index (χ2n) is 6.72. The summed E-state index contributed by atoms with van der Waals surface area (Å²) < 4.78 is 10.5. The predicted octanol–water partition coefficient (Wildman–Crippen LogP) is 1.91. The van der Waals surface area contributed by atoms with E-state index in [1.165, 1.54) is 7.11 Å². The van der Waals surface area contributed by atoms with Crippen molar-refractivity contribution >= 4 is 5.97 Å². The Labute approximate surface area is 148 Å². The number of aliphatic hydroxyl groups is 1. The van der Waals surface area contributed by atoms with Gasteiger partial charge in [-0.15, -0.1) is 0 Å². The van der Waals surface area contributed by atoms with Crippen molar-refractivity contribution in [2.75, 3.05) is 20.3 Å². The summed E-state index contributed by atoms with van der Waals surface area (Å²) in [5.74, 6) is -0.684. The molecule has 4 atom stereocenters. The normalized spacial score (nSPS) is 27.7. The highest BCUT2D eigenvalue weighted by molar-refractivity contribution is 5.75. The lowest BCUT2D eigenvalue weighted by Gasteiger charge is -2.31. The van der Waals surface area contributed by atoms with Gasteiger partial charge in [0.1, 0.15) is 0 Å². The maximum atomic E-state index is 12.1. The Balaban J connectivity index is 1.54. The number of hydrogen-bond acceptors (Lipinski definition) is 6. The lowest BCUT2D eigenvalue weighted by Crippen LogP contribution is -2.43. The number of benzene rings is 1. The third-order valence-corrected chi connectivity index (χ3v) is 5.09. The van der Waals surface area contributed by atoms with Crippen LogP contribution in [0.5, 0.6) is 0 Å². The minimum atomic E-state index is -0.725. The largest absolute Gasteiger partial charge is 0.467 e. The summed E-state index contributed by atoms with van der Waals surface area (Å²) in [6, 6.07) is 10.0. The van der Waals surface area contributed by atoms with E-state index in [1.54, 1.807) is 0 Å². The van der Waals surface area contributed by atoms with Crippen molar-refractivity contribution in [1.82, 2.24) is 5.06 Å². The van der Waals surface area contributed by atoms with Gasteiger partial charge in [-0.05, 0) is 24.8 Å². The van der Waals surface area contributed by atoms with Crippen LogP contribution in [0.1, 0.15) is 31.2 Å². The molecule has 2 aliphatic heterocycles. The number of ether oxygens (including phenoxy) is 2. The molecule has 1 aromatic carbocycles. The van der Waals surface area contributed by atoms with E-state index in [9.17, 15) is 9.90 Å². The van der Waals surface area contributed by atoms with E-state index in [4.69, 9.17) is 14.3 Å². The third-order valence-electron chi connectivity index (χ3n) is 5.09. The molecule has 0 amide bonds. The van der Waals surface area contributed by atoms with Crippen molar-refractivity contribution < 1.29 is 24.2 Å². The maximum Gasteiger partial charge on any atom is 0.337 e. The summed E-state index contributed by atoms with van der Waals surface area (Å²) in [5, 5.41) is 12.6. The van der Waals surface area contributed by atoms with Crippen molar-refractivity contribution in [2.45, 2.75) is 50.5 Å². The average molecular weight is 349 g/mol. The van der Waals surface area contributed by atoms with Crippen LogP contribution < -0.4 is 0 Å². The average Bonchev–Trinajstić information content (AvgIpc) is 3.05. The molecule has 138 valence electrons. The molecule has 2 fully saturated rings. The summed E-state index contributed by atoms with van der Waals surface area (Å²) in [5.41, 5.74) is 1.10. The van der Waals surface area contributed by atoms with Crippen LogP contribution >= 0.6 is 0 Å². The van der Waals surface area contributed by atoms with Crippen LogP contribution in [0.4, 0.5) is 0 Å². The standard InChI is InChI=1S/C19H27NO5/c1-23-19(22)18-17(15-9-5-6-11-20(15)25-18)16(21)10-12-24-13-14-7-3-2-4-8-14/h2-4,7-8,15-18,21H,5-6,9-13H2,1H3/t15-,16-,17+,18-/m1/s1. The highest BCUT2D eigenvalue weighted by atomic mass is 16.7. The first-order chi connectivity index (χ1) is 12.2. The molecule has 1 N–H and O–H groups in total. The smallest absolute Gasteiger partial charge is 0.337 e. The van der Waals surface area contributed by atoms with E-state index in [1.807, 2.05) is 35.4 Å². The molecule has 25 heavy (non-hydrogen) atoms. The molecular weight excluding hydrogens is 322 g/mol. The first-order valence-corrected chi connectivity index (χ1v) is 9.01. The van der Waals surface area contributed by atoms with E-state index >= 15 is 0 Å². The molecule has 2 saturated heterocycles. The molecule has 0 bridgehead atoms. The van der Waals surface area contributed by atoms with Gasteiger partial charge in [-0.1, -0.05) is 36.8 Å². The quantitative estimate of drug-likeness (QED) is 0.599. The van der Waals surface area contributed by atoms with Gasteiger partial charge in [-0.3, -0.25) is 4.84 Å². The molecule has 0 unspecified atom stereocenters. The molecule has 0 aliphatic carbocycles. The van der Waals surface area contributed by atoms with E-state index < -0.39 is 18.2 Å². The Hall–Kier alpha value is -1.47. The van der Waals surface area contributed by atoms with Crippen LogP contribution in [0.3, 0.4) is 0 Å². The molecule has 2 heterocycles. The molecule has 2 aliphatic rings. The summed E-state index contributed by atoms with van der Waals surface area (Å²) in [6.07, 6.45) is 2.16. The Kier molecular flexibility index (Phi) is 6.42. The van der Waals surface area contributed by atoms with Gasteiger partial charge in [0.15, 0.2) is 6.10 Å². The number of aliphatic hydroxyl groups excluding tert-OH is 1. The number of fused-ring (bicyclic) bond motifs is 1. The zero-order valence-corrected chi connectivity index (χ0v) is 14.7. The van der Waals surface area contributed by atoms with E-state index in [-0.39, 0.29) is 12.0 Å². The number of carbonyl (C=O) groups excluding carboxylic acids is 1. The number of nitrogens with zero attached hydrogens (tertiary/aromatic N) is 1.